The number of benzene rings is 2. The normalized spacial score (nSPS) is 10.2. The van der Waals surface area contributed by atoms with Crippen molar-refractivity contribution >= 4 is 23.4 Å². The van der Waals surface area contributed by atoms with E-state index in [0.29, 0.717) is 10.6 Å². The van der Waals surface area contributed by atoms with Gasteiger partial charge in [0.05, 0.1) is 10.9 Å². The maximum Gasteiger partial charge on any atom is 0.269 e. The molecule has 0 saturated heterocycles. The van der Waals surface area contributed by atoms with E-state index in [2.05, 4.69) is 0 Å². The first-order valence-electron chi connectivity index (χ1n) is 5.74. The molecular formula is C14H10NO4S-. The van der Waals surface area contributed by atoms with Crippen LogP contribution < -0.4 is 5.11 Å². The SMILES string of the molecule is O=C([O-])c1ccccc1SCc1ccc([N+](=O)[O-])cc1. The Bertz CT molecular complexity index is 640. The van der Waals surface area contributed by atoms with E-state index in [1.807, 2.05) is 0 Å². The fraction of sp³-hybridized carbons (Fsp3) is 0.0714. The lowest BCUT2D eigenvalue weighted by Crippen LogP contribution is -2.22. The highest BCUT2D eigenvalue weighted by Crippen LogP contribution is 2.26. The number of carboxylic acid groups (broad SMARTS) is 1. The van der Waals surface area contributed by atoms with E-state index in [0.717, 1.165) is 5.56 Å². The molecule has 2 aromatic carbocycles. The largest absolute Gasteiger partial charge is 0.545 e. The number of thioether (sulfide) groups is 1. The van der Waals surface area contributed by atoms with E-state index in [1.165, 1.54) is 30.0 Å². The summed E-state index contributed by atoms with van der Waals surface area (Å²) >= 11 is 1.35. The Morgan fingerprint density at radius 3 is 2.35 bits per heavy atom. The number of non-ortho nitro benzene ring substituents is 1. The number of nitro benzene ring substituents is 1. The summed E-state index contributed by atoms with van der Waals surface area (Å²) in [4.78, 5) is 21.7. The number of nitrogens with zero attached hydrogens (tertiary/aromatic N) is 1. The summed E-state index contributed by atoms with van der Waals surface area (Å²) in [7, 11) is 0. The van der Waals surface area contributed by atoms with Crippen LogP contribution in [0.4, 0.5) is 5.69 Å². The van der Waals surface area contributed by atoms with Crippen molar-refractivity contribution in [2.24, 2.45) is 0 Å². The highest BCUT2D eigenvalue weighted by atomic mass is 32.2. The summed E-state index contributed by atoms with van der Waals surface area (Å²) in [6.07, 6.45) is 0. The molecule has 0 atom stereocenters. The fourth-order valence-corrected chi connectivity index (χ4v) is 2.63. The van der Waals surface area contributed by atoms with Gasteiger partial charge in [0.15, 0.2) is 0 Å². The number of hydrogen-bond donors (Lipinski definition) is 0. The topological polar surface area (TPSA) is 83.3 Å². The monoisotopic (exact) mass is 288 g/mol. The van der Waals surface area contributed by atoms with Gasteiger partial charge in [0.1, 0.15) is 0 Å². The van der Waals surface area contributed by atoms with Gasteiger partial charge in [0.25, 0.3) is 5.69 Å². The van der Waals surface area contributed by atoms with Gasteiger partial charge in [0, 0.05) is 28.3 Å². The molecule has 20 heavy (non-hydrogen) atoms. The highest BCUT2D eigenvalue weighted by Gasteiger charge is 2.06. The number of hydrogen-bond acceptors (Lipinski definition) is 5. The molecule has 0 bridgehead atoms. The van der Waals surface area contributed by atoms with Crippen molar-refractivity contribution in [1.29, 1.82) is 0 Å². The second-order valence-electron chi connectivity index (χ2n) is 4.00. The fourth-order valence-electron chi connectivity index (χ4n) is 1.64. The summed E-state index contributed by atoms with van der Waals surface area (Å²) in [5.41, 5.74) is 1.07. The van der Waals surface area contributed by atoms with Crippen LogP contribution in [-0.4, -0.2) is 10.9 Å². The Hall–Kier alpha value is -2.34. The summed E-state index contributed by atoms with van der Waals surface area (Å²) in [5, 5.41) is 21.5. The molecule has 6 heteroatoms. The van der Waals surface area contributed by atoms with E-state index in [-0.39, 0.29) is 11.3 Å². The number of nitro groups is 1. The molecule has 2 rings (SSSR count). The van der Waals surface area contributed by atoms with Crippen molar-refractivity contribution < 1.29 is 14.8 Å². The molecule has 102 valence electrons. The van der Waals surface area contributed by atoms with Crippen LogP contribution in [-0.2, 0) is 5.75 Å². The van der Waals surface area contributed by atoms with Gasteiger partial charge in [-0.25, -0.2) is 0 Å². The summed E-state index contributed by atoms with van der Waals surface area (Å²) in [5.74, 6) is -0.681. The Morgan fingerprint density at radius 2 is 1.75 bits per heavy atom. The van der Waals surface area contributed by atoms with Crippen LogP contribution in [0.3, 0.4) is 0 Å². The predicted octanol–water partition coefficient (Wildman–Crippen LogP) is 2.25. The number of carbonyl (C=O) groups is 1. The van der Waals surface area contributed by atoms with Crippen molar-refractivity contribution in [3.63, 3.8) is 0 Å². The molecule has 0 aliphatic carbocycles. The molecule has 0 fully saturated rings. The summed E-state index contributed by atoms with van der Waals surface area (Å²) in [6.45, 7) is 0. The molecule has 0 saturated carbocycles. The van der Waals surface area contributed by atoms with E-state index >= 15 is 0 Å². The minimum atomic E-state index is -1.21. The third-order valence-corrected chi connectivity index (χ3v) is 3.79. The third kappa shape index (κ3) is 3.36. The predicted molar refractivity (Wildman–Crippen MR) is 73.4 cm³/mol. The number of carboxylic acids is 1. The molecule has 0 aliphatic heterocycles. The Labute approximate surface area is 119 Å². The molecule has 0 heterocycles. The maximum absolute atomic E-state index is 11.0. The van der Waals surface area contributed by atoms with Crippen LogP contribution >= 0.6 is 11.8 Å². The lowest BCUT2D eigenvalue weighted by atomic mass is 10.2. The zero-order valence-electron chi connectivity index (χ0n) is 10.3. The van der Waals surface area contributed by atoms with Crippen molar-refractivity contribution in [3.05, 3.63) is 69.8 Å². The van der Waals surface area contributed by atoms with Crippen molar-refractivity contribution in [1.82, 2.24) is 0 Å². The molecule has 0 amide bonds. The lowest BCUT2D eigenvalue weighted by molar-refractivity contribution is -0.384. The minimum absolute atomic E-state index is 0.0360. The Morgan fingerprint density at radius 1 is 1.10 bits per heavy atom. The van der Waals surface area contributed by atoms with Crippen LogP contribution in [0.1, 0.15) is 15.9 Å². The minimum Gasteiger partial charge on any atom is -0.545 e. The van der Waals surface area contributed by atoms with Crippen LogP contribution in [0.15, 0.2) is 53.4 Å². The van der Waals surface area contributed by atoms with Crippen molar-refractivity contribution in [3.8, 4) is 0 Å². The van der Waals surface area contributed by atoms with Gasteiger partial charge in [-0.2, -0.15) is 0 Å². The first-order valence-corrected chi connectivity index (χ1v) is 6.73. The molecule has 0 aromatic heterocycles. The van der Waals surface area contributed by atoms with Crippen LogP contribution in [0.25, 0.3) is 0 Å². The van der Waals surface area contributed by atoms with E-state index in [9.17, 15) is 20.0 Å². The standard InChI is InChI=1S/C14H11NO4S/c16-14(17)12-3-1-2-4-13(12)20-9-10-5-7-11(8-6-10)15(18)19/h1-8H,9H2,(H,16,17)/p-1. The molecule has 2 aromatic rings. The first kappa shape index (κ1) is 14.1. The highest BCUT2D eigenvalue weighted by molar-refractivity contribution is 7.98. The second-order valence-corrected chi connectivity index (χ2v) is 5.01. The summed E-state index contributed by atoms with van der Waals surface area (Å²) < 4.78 is 0. The number of carbonyl (C=O) groups excluding carboxylic acids is 1. The van der Waals surface area contributed by atoms with Crippen molar-refractivity contribution in [2.45, 2.75) is 10.6 Å². The first-order chi connectivity index (χ1) is 9.58. The lowest BCUT2D eigenvalue weighted by Gasteiger charge is -2.09. The average molecular weight is 288 g/mol. The second kappa shape index (κ2) is 6.21. The van der Waals surface area contributed by atoms with Gasteiger partial charge in [0.2, 0.25) is 0 Å². The van der Waals surface area contributed by atoms with Gasteiger partial charge < -0.3 is 9.90 Å². The zero-order chi connectivity index (χ0) is 14.5. The third-order valence-electron chi connectivity index (χ3n) is 2.65. The number of aromatic carboxylic acids is 1. The zero-order valence-corrected chi connectivity index (χ0v) is 11.1. The average Bonchev–Trinajstić information content (AvgIpc) is 2.45. The molecule has 0 N–H and O–H groups in total. The molecular weight excluding hydrogens is 278 g/mol. The van der Waals surface area contributed by atoms with E-state index in [1.54, 1.807) is 30.3 Å². The van der Waals surface area contributed by atoms with Gasteiger partial charge in [-0.05, 0) is 11.6 Å². The van der Waals surface area contributed by atoms with Gasteiger partial charge in [-0.3, -0.25) is 10.1 Å². The molecule has 0 aliphatic rings. The van der Waals surface area contributed by atoms with E-state index in [4.69, 9.17) is 0 Å². The smallest absolute Gasteiger partial charge is 0.269 e. The maximum atomic E-state index is 11.0. The van der Waals surface area contributed by atoms with Gasteiger partial charge >= 0.3 is 0 Å². The summed E-state index contributed by atoms with van der Waals surface area (Å²) in [6, 6.07) is 12.8. The van der Waals surface area contributed by atoms with Crippen molar-refractivity contribution in [2.75, 3.05) is 0 Å². The Kier molecular flexibility index (Phi) is 4.37. The quantitative estimate of drug-likeness (QED) is 0.478. The van der Waals surface area contributed by atoms with E-state index < -0.39 is 10.9 Å². The molecule has 0 radical (unpaired) electrons. The van der Waals surface area contributed by atoms with Crippen LogP contribution in [0, 0.1) is 10.1 Å². The van der Waals surface area contributed by atoms with Crippen LogP contribution in [0.2, 0.25) is 0 Å². The Balaban J connectivity index is 2.09. The van der Waals surface area contributed by atoms with Gasteiger partial charge in [-0.1, -0.05) is 30.3 Å². The van der Waals surface area contributed by atoms with Gasteiger partial charge in [-0.15, -0.1) is 11.8 Å². The molecule has 0 unspecified atom stereocenters. The van der Waals surface area contributed by atoms with Crippen LogP contribution in [0.5, 0.6) is 0 Å². The number of rotatable bonds is 5. The molecule has 0 spiro atoms. The molecule has 5 nitrogen and oxygen atoms in total.